The largest absolute Gasteiger partial charge is 0.391 e. The summed E-state index contributed by atoms with van der Waals surface area (Å²) in [6.45, 7) is 5.23. The second kappa shape index (κ2) is 2.74. The average molecular weight is 181 g/mol. The predicted octanol–water partition coefficient (Wildman–Crippen LogP) is 0.775. The molecule has 0 unspecified atom stereocenters. The summed E-state index contributed by atoms with van der Waals surface area (Å²) in [7, 11) is 0. The third kappa shape index (κ3) is 157. The zero-order valence-electron chi connectivity index (χ0n) is 4.26. The Balaban J connectivity index is 0. The van der Waals surface area contributed by atoms with E-state index in [1.54, 1.807) is 20.8 Å². The number of rotatable bonds is 0. The normalized spacial score (nSPS) is 10.0. The molecule has 0 aromatic heterocycles. The summed E-state index contributed by atoms with van der Waals surface area (Å²) in [6.07, 6.45) is 0. The van der Waals surface area contributed by atoms with Crippen LogP contribution < -0.4 is 0 Å². The van der Waals surface area contributed by atoms with Gasteiger partial charge in [-0.25, -0.2) is 0 Å². The fourth-order valence-electron chi connectivity index (χ4n) is 0. The molecule has 1 N–H and O–H groups in total. The van der Waals surface area contributed by atoms with Crippen LogP contribution in [-0.2, 0) is 20.4 Å². The van der Waals surface area contributed by atoms with Gasteiger partial charge in [0.2, 0.25) is 0 Å². The van der Waals surface area contributed by atoms with Gasteiger partial charge in [0.05, 0.1) is 5.60 Å². The molecule has 42 valence electrons. The minimum atomic E-state index is -0.500. The van der Waals surface area contributed by atoms with Gasteiger partial charge in [-0.05, 0) is 20.8 Å². The minimum Gasteiger partial charge on any atom is -0.391 e. The Morgan fingerprint density at radius 2 is 1.17 bits per heavy atom. The average Bonchev–Trinajstić information content (AvgIpc) is 0.722. The molecule has 0 aliphatic rings. The fourth-order valence-corrected chi connectivity index (χ4v) is 0. The first-order valence-corrected chi connectivity index (χ1v) is 1.72. The summed E-state index contributed by atoms with van der Waals surface area (Å²) in [6, 6.07) is 0. The van der Waals surface area contributed by atoms with Gasteiger partial charge in [-0.15, -0.1) is 0 Å². The second-order valence-corrected chi connectivity index (χ2v) is 2.17. The van der Waals surface area contributed by atoms with Crippen LogP contribution in [0.5, 0.6) is 0 Å². The van der Waals surface area contributed by atoms with Gasteiger partial charge in [0.25, 0.3) is 0 Å². The van der Waals surface area contributed by atoms with Crippen LogP contribution in [-0.4, -0.2) is 10.7 Å². The molecule has 0 aromatic carbocycles. The molecule has 0 saturated carbocycles. The maximum absolute atomic E-state index is 8.52. The zero-order chi connectivity index (χ0) is 4.50. The van der Waals surface area contributed by atoms with Crippen molar-refractivity contribution in [2.24, 2.45) is 0 Å². The van der Waals surface area contributed by atoms with Crippen LogP contribution in [0.25, 0.3) is 0 Å². The molecule has 0 spiro atoms. The van der Waals surface area contributed by atoms with Crippen molar-refractivity contribution in [3.63, 3.8) is 0 Å². The predicted molar refractivity (Wildman–Crippen MR) is 22.0 cm³/mol. The van der Waals surface area contributed by atoms with Crippen LogP contribution in [0.15, 0.2) is 0 Å². The van der Waals surface area contributed by atoms with Crippen molar-refractivity contribution in [1.82, 2.24) is 0 Å². The van der Waals surface area contributed by atoms with Gasteiger partial charge in [0.1, 0.15) is 0 Å². The van der Waals surface area contributed by atoms with E-state index in [1.807, 2.05) is 0 Å². The molecule has 6 heavy (non-hydrogen) atoms. The van der Waals surface area contributed by atoms with E-state index in [9.17, 15) is 0 Å². The van der Waals surface area contributed by atoms with E-state index in [0.717, 1.165) is 0 Å². The van der Waals surface area contributed by atoms with E-state index >= 15 is 0 Å². The zero-order valence-corrected chi connectivity index (χ0v) is 5.82. The van der Waals surface area contributed by atoms with E-state index in [-0.39, 0.29) is 20.4 Å². The maximum atomic E-state index is 8.52. The Kier molecular flexibility index (Phi) is 4.47. The number of aliphatic hydroxyl groups is 1. The summed E-state index contributed by atoms with van der Waals surface area (Å²) < 4.78 is 0. The third-order valence-electron chi connectivity index (χ3n) is 0. The van der Waals surface area contributed by atoms with Gasteiger partial charge in [-0.3, -0.25) is 0 Å². The van der Waals surface area contributed by atoms with E-state index in [1.165, 1.54) is 0 Å². The van der Waals surface area contributed by atoms with Crippen molar-refractivity contribution < 1.29 is 25.5 Å². The fraction of sp³-hybridized carbons (Fsp3) is 1.00. The summed E-state index contributed by atoms with van der Waals surface area (Å²) in [5.74, 6) is 0. The van der Waals surface area contributed by atoms with E-state index in [0.29, 0.717) is 0 Å². The van der Waals surface area contributed by atoms with Gasteiger partial charge in [-0.2, -0.15) is 0 Å². The smallest absolute Gasteiger partial charge is 0.0563 e. The SMILES string of the molecule is CC(C)(C)O.[Pd]. The van der Waals surface area contributed by atoms with Crippen molar-refractivity contribution in [1.29, 1.82) is 0 Å². The third-order valence-corrected chi connectivity index (χ3v) is 0. The molecule has 0 aliphatic heterocycles. The summed E-state index contributed by atoms with van der Waals surface area (Å²) in [5, 5.41) is 8.52. The molecule has 0 fully saturated rings. The Morgan fingerprint density at radius 3 is 1.17 bits per heavy atom. The molecule has 2 heteroatoms. The molecular formula is C4H10OPd. The van der Waals surface area contributed by atoms with Crippen molar-refractivity contribution in [2.75, 3.05) is 0 Å². The molecule has 0 atom stereocenters. The Bertz CT molecular complexity index is 23.0. The molecule has 0 radical (unpaired) electrons. The van der Waals surface area contributed by atoms with Gasteiger partial charge in [-0.1, -0.05) is 0 Å². The van der Waals surface area contributed by atoms with E-state index in [4.69, 9.17) is 5.11 Å². The molecule has 1 nitrogen and oxygen atoms in total. The van der Waals surface area contributed by atoms with Crippen LogP contribution >= 0.6 is 0 Å². The van der Waals surface area contributed by atoms with E-state index in [2.05, 4.69) is 0 Å². The topological polar surface area (TPSA) is 20.2 Å². The second-order valence-electron chi connectivity index (χ2n) is 2.17. The molecule has 0 bridgehead atoms. The first-order chi connectivity index (χ1) is 2.00. The van der Waals surface area contributed by atoms with Crippen molar-refractivity contribution in [3.05, 3.63) is 0 Å². The molecular weight excluding hydrogens is 170 g/mol. The van der Waals surface area contributed by atoms with Crippen molar-refractivity contribution in [2.45, 2.75) is 26.4 Å². The van der Waals surface area contributed by atoms with Crippen LogP contribution in [0.4, 0.5) is 0 Å². The summed E-state index contributed by atoms with van der Waals surface area (Å²) >= 11 is 0. The van der Waals surface area contributed by atoms with Crippen molar-refractivity contribution >= 4 is 0 Å². The first-order valence-electron chi connectivity index (χ1n) is 1.72. The molecule has 0 amide bonds. The quantitative estimate of drug-likeness (QED) is 0.546. The molecule has 0 aliphatic carbocycles. The Labute approximate surface area is 52.4 Å². The first kappa shape index (κ1) is 9.80. The van der Waals surface area contributed by atoms with Crippen LogP contribution in [0.2, 0.25) is 0 Å². The maximum Gasteiger partial charge on any atom is 0.0563 e. The summed E-state index contributed by atoms with van der Waals surface area (Å²) in [5.41, 5.74) is -0.500. The number of hydrogen-bond acceptors (Lipinski definition) is 1. The Morgan fingerprint density at radius 1 is 1.17 bits per heavy atom. The van der Waals surface area contributed by atoms with Gasteiger partial charge in [0.15, 0.2) is 0 Å². The van der Waals surface area contributed by atoms with Gasteiger partial charge < -0.3 is 5.11 Å². The van der Waals surface area contributed by atoms with Gasteiger partial charge >= 0.3 is 0 Å². The summed E-state index contributed by atoms with van der Waals surface area (Å²) in [4.78, 5) is 0. The molecule has 0 rings (SSSR count). The monoisotopic (exact) mass is 180 g/mol. The molecule has 0 aromatic rings. The standard InChI is InChI=1S/C4H10O.Pd/c1-4(2,3)5;/h5H,1-3H3;. The molecule has 0 heterocycles. The molecule has 0 saturated heterocycles. The Hall–Kier alpha value is 0.622. The van der Waals surface area contributed by atoms with E-state index < -0.39 is 5.60 Å². The number of hydrogen-bond donors (Lipinski definition) is 1. The van der Waals surface area contributed by atoms with Crippen LogP contribution in [0.3, 0.4) is 0 Å². The minimum absolute atomic E-state index is 0. The van der Waals surface area contributed by atoms with Crippen LogP contribution in [0, 0.1) is 0 Å². The van der Waals surface area contributed by atoms with Crippen molar-refractivity contribution in [3.8, 4) is 0 Å². The van der Waals surface area contributed by atoms with Gasteiger partial charge in [0, 0.05) is 20.4 Å². The van der Waals surface area contributed by atoms with Crippen LogP contribution in [0.1, 0.15) is 20.8 Å².